The van der Waals surface area contributed by atoms with Gasteiger partial charge in [0.1, 0.15) is 0 Å². The number of nitrogens with zero attached hydrogens (tertiary/aromatic N) is 2. The molecule has 2 rings (SSSR count). The lowest BCUT2D eigenvalue weighted by Gasteiger charge is -2.37. The lowest BCUT2D eigenvalue weighted by atomic mass is 9.95. The van der Waals surface area contributed by atoms with Crippen molar-refractivity contribution in [1.82, 2.24) is 4.90 Å². The molecule has 1 fully saturated rings. The number of nitro benzene ring substituents is 1. The first-order chi connectivity index (χ1) is 10.4. The summed E-state index contributed by atoms with van der Waals surface area (Å²) >= 11 is 0. The van der Waals surface area contributed by atoms with Gasteiger partial charge < -0.3 is 10.4 Å². The predicted molar refractivity (Wildman–Crippen MR) is 82.5 cm³/mol. The van der Waals surface area contributed by atoms with Crippen molar-refractivity contribution in [3.05, 3.63) is 34.4 Å². The van der Waals surface area contributed by atoms with Crippen LogP contribution in [-0.4, -0.2) is 46.1 Å². The fourth-order valence-corrected chi connectivity index (χ4v) is 2.50. The van der Waals surface area contributed by atoms with Gasteiger partial charge in [-0.15, -0.1) is 0 Å². The lowest BCUT2D eigenvalue weighted by molar-refractivity contribution is -0.384. The number of aliphatic hydroxyl groups excluding tert-OH is 1. The highest BCUT2D eigenvalue weighted by Gasteiger charge is 2.30. The molecule has 0 spiro atoms. The number of rotatable bonds is 4. The van der Waals surface area contributed by atoms with E-state index in [-0.39, 0.29) is 23.6 Å². The summed E-state index contributed by atoms with van der Waals surface area (Å²) in [6, 6.07) is 5.36. The fourth-order valence-electron chi connectivity index (χ4n) is 2.50. The maximum Gasteiger partial charge on any atom is 0.269 e. The zero-order valence-corrected chi connectivity index (χ0v) is 12.7. The number of aliphatic hydroxyl groups is 1. The quantitative estimate of drug-likeness (QED) is 0.651. The van der Waals surface area contributed by atoms with Gasteiger partial charge in [0.2, 0.25) is 5.91 Å². The van der Waals surface area contributed by atoms with Crippen LogP contribution in [0.15, 0.2) is 24.3 Å². The number of β-amino-alcohol motifs (C(OH)–C–C–N with tert-alkyl or cyclic N) is 1. The first-order valence-electron chi connectivity index (χ1n) is 7.36. The molecule has 7 heteroatoms. The minimum Gasteiger partial charge on any atom is -0.392 e. The molecule has 120 valence electrons. The van der Waals surface area contributed by atoms with Gasteiger partial charge in [0, 0.05) is 24.4 Å². The molecule has 2 N–H and O–H groups in total. The average Bonchev–Trinajstić information content (AvgIpc) is 2.49. The Hall–Kier alpha value is -1.99. The molecular weight excluding hydrogens is 286 g/mol. The van der Waals surface area contributed by atoms with Crippen LogP contribution >= 0.6 is 0 Å². The Kier molecular flexibility index (Phi) is 5.10. The number of likely N-dealkylation sites (tertiary alicyclic amines) is 1. The molecule has 1 aromatic rings. The third kappa shape index (κ3) is 3.80. The van der Waals surface area contributed by atoms with Crippen molar-refractivity contribution in [3.8, 4) is 0 Å². The number of carbonyl (C=O) groups is 1. The minimum atomic E-state index is -0.482. The molecule has 22 heavy (non-hydrogen) atoms. The summed E-state index contributed by atoms with van der Waals surface area (Å²) in [5.41, 5.74) is 0.507. The second kappa shape index (κ2) is 6.85. The molecule has 0 bridgehead atoms. The number of nitro groups is 1. The van der Waals surface area contributed by atoms with E-state index < -0.39 is 11.0 Å². The van der Waals surface area contributed by atoms with Crippen LogP contribution in [0.5, 0.6) is 0 Å². The summed E-state index contributed by atoms with van der Waals surface area (Å²) in [5.74, 6) is 0.0665. The van der Waals surface area contributed by atoms with E-state index in [1.54, 1.807) is 6.92 Å². The zero-order valence-electron chi connectivity index (χ0n) is 12.7. The van der Waals surface area contributed by atoms with E-state index in [4.69, 9.17) is 0 Å². The maximum absolute atomic E-state index is 12.3. The van der Waals surface area contributed by atoms with Crippen LogP contribution in [-0.2, 0) is 4.79 Å². The molecule has 0 aromatic heterocycles. The van der Waals surface area contributed by atoms with Crippen LogP contribution in [0.1, 0.15) is 20.3 Å². The van der Waals surface area contributed by atoms with E-state index in [9.17, 15) is 20.0 Å². The van der Waals surface area contributed by atoms with Crippen LogP contribution in [0.3, 0.4) is 0 Å². The first-order valence-corrected chi connectivity index (χ1v) is 7.36. The van der Waals surface area contributed by atoms with Crippen LogP contribution in [0.4, 0.5) is 11.4 Å². The standard InChI is InChI=1S/C15H21N3O4/c1-10-7-8-17(9-14(10)19)11(2)15(20)16-12-3-5-13(6-4-12)18(21)22/h3-6,10-11,14,19H,7-9H2,1-2H3,(H,16,20). The van der Waals surface area contributed by atoms with Crippen LogP contribution in [0, 0.1) is 16.0 Å². The normalized spacial score (nSPS) is 23.8. The molecule has 0 saturated carbocycles. The van der Waals surface area contributed by atoms with Gasteiger partial charge in [-0.3, -0.25) is 19.8 Å². The Morgan fingerprint density at radius 2 is 2.09 bits per heavy atom. The fraction of sp³-hybridized carbons (Fsp3) is 0.533. The van der Waals surface area contributed by atoms with Gasteiger partial charge >= 0.3 is 0 Å². The molecule has 1 aliphatic rings. The van der Waals surface area contributed by atoms with Gasteiger partial charge in [-0.2, -0.15) is 0 Å². The van der Waals surface area contributed by atoms with E-state index in [0.717, 1.165) is 13.0 Å². The van der Waals surface area contributed by atoms with Crippen molar-refractivity contribution in [3.63, 3.8) is 0 Å². The topological polar surface area (TPSA) is 95.7 Å². The van der Waals surface area contributed by atoms with Gasteiger partial charge in [-0.05, 0) is 37.9 Å². The Labute approximate surface area is 129 Å². The molecule has 1 aliphatic heterocycles. The SMILES string of the molecule is CC1CCN(C(C)C(=O)Nc2ccc([N+](=O)[O-])cc2)CC1O. The number of hydrogen-bond acceptors (Lipinski definition) is 5. The molecule has 1 aromatic carbocycles. The summed E-state index contributed by atoms with van der Waals surface area (Å²) < 4.78 is 0. The molecule has 1 amide bonds. The maximum atomic E-state index is 12.3. The number of carbonyl (C=O) groups excluding carboxylic acids is 1. The van der Waals surface area contributed by atoms with Gasteiger partial charge in [0.15, 0.2) is 0 Å². The van der Waals surface area contributed by atoms with Crippen molar-refractivity contribution in [2.45, 2.75) is 32.4 Å². The lowest BCUT2D eigenvalue weighted by Crippen LogP contribution is -2.50. The number of anilines is 1. The van der Waals surface area contributed by atoms with Crippen LogP contribution < -0.4 is 5.32 Å². The van der Waals surface area contributed by atoms with E-state index >= 15 is 0 Å². The van der Waals surface area contributed by atoms with Crippen molar-refractivity contribution < 1.29 is 14.8 Å². The first kappa shape index (κ1) is 16.4. The van der Waals surface area contributed by atoms with Crippen LogP contribution in [0.2, 0.25) is 0 Å². The van der Waals surface area contributed by atoms with Crippen LogP contribution in [0.25, 0.3) is 0 Å². The third-order valence-electron chi connectivity index (χ3n) is 4.22. The van der Waals surface area contributed by atoms with E-state index in [1.807, 2.05) is 11.8 Å². The Bertz CT molecular complexity index is 546. The monoisotopic (exact) mass is 307 g/mol. The zero-order chi connectivity index (χ0) is 16.3. The van der Waals surface area contributed by atoms with Crippen molar-refractivity contribution in [2.24, 2.45) is 5.92 Å². The summed E-state index contributed by atoms with van der Waals surface area (Å²) in [6.45, 7) is 5.05. The summed E-state index contributed by atoms with van der Waals surface area (Å²) in [5, 5.41) is 23.3. The molecule has 0 radical (unpaired) electrons. The van der Waals surface area contributed by atoms with Gasteiger partial charge in [0.25, 0.3) is 5.69 Å². The van der Waals surface area contributed by atoms with E-state index in [1.165, 1.54) is 24.3 Å². The smallest absolute Gasteiger partial charge is 0.269 e. The highest BCUT2D eigenvalue weighted by atomic mass is 16.6. The molecular formula is C15H21N3O4. The third-order valence-corrected chi connectivity index (χ3v) is 4.22. The van der Waals surface area contributed by atoms with Crippen molar-refractivity contribution in [1.29, 1.82) is 0 Å². The molecule has 3 atom stereocenters. The molecule has 7 nitrogen and oxygen atoms in total. The number of hydrogen-bond donors (Lipinski definition) is 2. The second-order valence-electron chi connectivity index (χ2n) is 5.80. The Morgan fingerprint density at radius 1 is 1.45 bits per heavy atom. The number of nitrogens with one attached hydrogen (secondary N) is 1. The number of non-ortho nitro benzene ring substituents is 1. The van der Waals surface area contributed by atoms with Crippen molar-refractivity contribution >= 4 is 17.3 Å². The second-order valence-corrected chi connectivity index (χ2v) is 5.80. The highest BCUT2D eigenvalue weighted by molar-refractivity contribution is 5.94. The van der Waals surface area contributed by atoms with Gasteiger partial charge in [-0.1, -0.05) is 6.92 Å². The number of piperidine rings is 1. The summed E-state index contributed by atoms with van der Waals surface area (Å²) in [7, 11) is 0. The molecule has 3 unspecified atom stereocenters. The predicted octanol–water partition coefficient (Wildman–Crippen LogP) is 1.62. The van der Waals surface area contributed by atoms with Crippen molar-refractivity contribution in [2.75, 3.05) is 18.4 Å². The minimum absolute atomic E-state index is 0.0146. The Morgan fingerprint density at radius 3 is 2.64 bits per heavy atom. The number of amides is 1. The summed E-state index contributed by atoms with van der Waals surface area (Å²) in [4.78, 5) is 24.3. The van der Waals surface area contributed by atoms with Gasteiger partial charge in [-0.25, -0.2) is 0 Å². The largest absolute Gasteiger partial charge is 0.392 e. The molecule has 0 aliphatic carbocycles. The highest BCUT2D eigenvalue weighted by Crippen LogP contribution is 2.20. The van der Waals surface area contributed by atoms with E-state index in [0.29, 0.717) is 12.2 Å². The summed E-state index contributed by atoms with van der Waals surface area (Å²) in [6.07, 6.45) is 0.444. The van der Waals surface area contributed by atoms with Gasteiger partial charge in [0.05, 0.1) is 17.1 Å². The molecule has 1 heterocycles. The average molecular weight is 307 g/mol. The van der Waals surface area contributed by atoms with E-state index in [2.05, 4.69) is 5.32 Å². The Balaban J connectivity index is 1.95. The number of benzene rings is 1. The molecule has 1 saturated heterocycles.